The molecule has 16 heavy (non-hydrogen) atoms. The smallest absolute Gasteiger partial charge is 0.152 e. The highest BCUT2D eigenvalue weighted by Crippen LogP contribution is 2.34. The summed E-state index contributed by atoms with van der Waals surface area (Å²) >= 11 is 13.5. The Morgan fingerprint density at radius 3 is 2.50 bits per heavy atom. The third-order valence-electron chi connectivity index (χ3n) is 2.02. The molecule has 0 aliphatic rings. The van der Waals surface area contributed by atoms with Gasteiger partial charge < -0.3 is 10.4 Å². The van der Waals surface area contributed by atoms with Crippen molar-refractivity contribution in [3.63, 3.8) is 0 Å². The average Bonchev–Trinajstić information content (AvgIpc) is 2.25. The molecular weight excluding hydrogens is 265 g/mol. The van der Waals surface area contributed by atoms with Crippen molar-refractivity contribution in [2.75, 3.05) is 23.4 Å². The van der Waals surface area contributed by atoms with Crippen molar-refractivity contribution in [3.8, 4) is 5.75 Å². The quantitative estimate of drug-likeness (QED) is 0.603. The van der Waals surface area contributed by atoms with Crippen LogP contribution in [0.15, 0.2) is 12.1 Å². The van der Waals surface area contributed by atoms with Crippen LogP contribution in [0.4, 0.5) is 5.69 Å². The number of phenols is 1. The number of halogens is 2. The van der Waals surface area contributed by atoms with Gasteiger partial charge in [0, 0.05) is 12.2 Å². The Bertz CT molecular complexity index is 324. The second-order valence-electron chi connectivity index (χ2n) is 3.27. The summed E-state index contributed by atoms with van der Waals surface area (Å²) < 4.78 is 0. The molecule has 1 aromatic rings. The first-order valence-electron chi connectivity index (χ1n) is 5.14. The molecule has 0 fully saturated rings. The molecule has 0 spiro atoms. The van der Waals surface area contributed by atoms with Crippen molar-refractivity contribution in [1.82, 2.24) is 0 Å². The van der Waals surface area contributed by atoms with Crippen LogP contribution in [0.3, 0.4) is 0 Å². The molecule has 0 radical (unpaired) electrons. The van der Waals surface area contributed by atoms with Gasteiger partial charge in [-0.05, 0) is 30.1 Å². The third kappa shape index (κ3) is 4.32. The normalized spacial score (nSPS) is 10.4. The van der Waals surface area contributed by atoms with Gasteiger partial charge in [0.15, 0.2) is 5.75 Å². The summed E-state index contributed by atoms with van der Waals surface area (Å²) in [5.41, 5.74) is 0.842. The van der Waals surface area contributed by atoms with Crippen molar-refractivity contribution in [3.05, 3.63) is 22.2 Å². The number of thioether (sulfide) groups is 1. The fraction of sp³-hybridized carbons (Fsp3) is 0.455. The minimum atomic E-state index is -0.0598. The van der Waals surface area contributed by atoms with Crippen LogP contribution in [0.2, 0.25) is 10.0 Å². The number of nitrogens with one attached hydrogen (secondary N) is 1. The van der Waals surface area contributed by atoms with Gasteiger partial charge in [0.1, 0.15) is 0 Å². The molecule has 0 saturated carbocycles. The number of benzene rings is 1. The highest BCUT2D eigenvalue weighted by atomic mass is 35.5. The van der Waals surface area contributed by atoms with Crippen molar-refractivity contribution in [2.45, 2.75) is 13.3 Å². The Hall–Kier alpha value is -0.250. The Kier molecular flexibility index (Phi) is 6.17. The number of hydrogen-bond acceptors (Lipinski definition) is 3. The molecule has 0 heterocycles. The summed E-state index contributed by atoms with van der Waals surface area (Å²) in [6.07, 6.45) is 1.09. The Morgan fingerprint density at radius 1 is 1.31 bits per heavy atom. The van der Waals surface area contributed by atoms with E-state index in [0.717, 1.165) is 30.2 Å². The lowest BCUT2D eigenvalue weighted by atomic mass is 10.3. The number of aromatic hydroxyl groups is 1. The number of hydrogen-bond donors (Lipinski definition) is 2. The first-order chi connectivity index (χ1) is 7.65. The predicted octanol–water partition coefficient (Wildman–Crippen LogP) is 4.25. The molecule has 5 heteroatoms. The molecule has 0 amide bonds. The summed E-state index contributed by atoms with van der Waals surface area (Å²) in [5, 5.41) is 13.1. The van der Waals surface area contributed by atoms with Crippen molar-refractivity contribution >= 4 is 40.7 Å². The van der Waals surface area contributed by atoms with E-state index in [1.54, 1.807) is 12.1 Å². The van der Waals surface area contributed by atoms with Gasteiger partial charge in [-0.3, -0.25) is 0 Å². The van der Waals surface area contributed by atoms with Crippen molar-refractivity contribution < 1.29 is 5.11 Å². The Morgan fingerprint density at radius 2 is 1.94 bits per heavy atom. The second kappa shape index (κ2) is 7.15. The fourth-order valence-corrected chi connectivity index (χ4v) is 2.34. The zero-order valence-corrected chi connectivity index (χ0v) is 11.4. The molecule has 0 aromatic heterocycles. The highest BCUT2D eigenvalue weighted by Gasteiger charge is 2.05. The van der Waals surface area contributed by atoms with E-state index in [2.05, 4.69) is 12.2 Å². The van der Waals surface area contributed by atoms with E-state index in [9.17, 15) is 5.11 Å². The molecule has 90 valence electrons. The standard InChI is InChI=1S/C11H15Cl2NOS/c1-2-16-5-3-4-14-8-6-9(12)11(15)10(13)7-8/h6-7,14-15H,2-5H2,1H3. The van der Waals surface area contributed by atoms with Crippen LogP contribution in [-0.4, -0.2) is 23.2 Å². The van der Waals surface area contributed by atoms with Crippen LogP contribution in [-0.2, 0) is 0 Å². The van der Waals surface area contributed by atoms with E-state index in [1.165, 1.54) is 0 Å². The van der Waals surface area contributed by atoms with Crippen LogP contribution < -0.4 is 5.32 Å². The van der Waals surface area contributed by atoms with Gasteiger partial charge in [0.2, 0.25) is 0 Å². The van der Waals surface area contributed by atoms with Crippen LogP contribution >= 0.6 is 35.0 Å². The van der Waals surface area contributed by atoms with Crippen molar-refractivity contribution in [1.29, 1.82) is 0 Å². The molecule has 0 bridgehead atoms. The van der Waals surface area contributed by atoms with Gasteiger partial charge in [0.05, 0.1) is 10.0 Å². The minimum Gasteiger partial charge on any atom is -0.505 e. The molecule has 0 saturated heterocycles. The summed E-state index contributed by atoms with van der Waals surface area (Å²) in [6.45, 7) is 3.03. The first kappa shape index (κ1) is 13.8. The SMILES string of the molecule is CCSCCCNc1cc(Cl)c(O)c(Cl)c1. The molecule has 2 N–H and O–H groups in total. The van der Waals surface area contributed by atoms with E-state index in [4.69, 9.17) is 23.2 Å². The van der Waals surface area contributed by atoms with E-state index in [1.807, 2.05) is 11.8 Å². The topological polar surface area (TPSA) is 32.3 Å². The third-order valence-corrected chi connectivity index (χ3v) is 3.58. The molecule has 0 unspecified atom stereocenters. The average molecular weight is 280 g/mol. The lowest BCUT2D eigenvalue weighted by Gasteiger charge is -2.08. The molecular formula is C11H15Cl2NOS. The summed E-state index contributed by atoms with van der Waals surface area (Å²) in [7, 11) is 0. The van der Waals surface area contributed by atoms with Crippen molar-refractivity contribution in [2.24, 2.45) is 0 Å². The first-order valence-corrected chi connectivity index (χ1v) is 7.05. The van der Waals surface area contributed by atoms with E-state index >= 15 is 0 Å². The van der Waals surface area contributed by atoms with Gasteiger partial charge in [-0.2, -0.15) is 11.8 Å². The number of anilines is 1. The molecule has 0 atom stereocenters. The van der Waals surface area contributed by atoms with Gasteiger partial charge >= 0.3 is 0 Å². The zero-order valence-electron chi connectivity index (χ0n) is 9.09. The van der Waals surface area contributed by atoms with Crippen LogP contribution in [0.1, 0.15) is 13.3 Å². The molecule has 1 rings (SSSR count). The zero-order chi connectivity index (χ0) is 12.0. The van der Waals surface area contributed by atoms with E-state index in [0.29, 0.717) is 0 Å². The predicted molar refractivity (Wildman–Crippen MR) is 74.2 cm³/mol. The van der Waals surface area contributed by atoms with Crippen LogP contribution in [0, 0.1) is 0 Å². The van der Waals surface area contributed by atoms with Gasteiger partial charge in [-0.1, -0.05) is 30.1 Å². The summed E-state index contributed by atoms with van der Waals surface area (Å²) in [6, 6.07) is 3.35. The monoisotopic (exact) mass is 279 g/mol. The minimum absolute atomic E-state index is 0.0598. The van der Waals surface area contributed by atoms with E-state index in [-0.39, 0.29) is 15.8 Å². The van der Waals surface area contributed by atoms with E-state index < -0.39 is 0 Å². The maximum atomic E-state index is 9.38. The maximum Gasteiger partial charge on any atom is 0.152 e. The molecule has 0 aliphatic carbocycles. The van der Waals surface area contributed by atoms with Gasteiger partial charge in [-0.15, -0.1) is 0 Å². The molecule has 2 nitrogen and oxygen atoms in total. The second-order valence-corrected chi connectivity index (χ2v) is 5.47. The largest absolute Gasteiger partial charge is 0.505 e. The lowest BCUT2D eigenvalue weighted by molar-refractivity contribution is 0.476. The maximum absolute atomic E-state index is 9.38. The number of phenolic OH excluding ortho intramolecular Hbond substituents is 1. The highest BCUT2D eigenvalue weighted by molar-refractivity contribution is 7.99. The van der Waals surface area contributed by atoms with Gasteiger partial charge in [0.25, 0.3) is 0 Å². The Labute approximate surface area is 110 Å². The molecule has 0 aliphatic heterocycles. The molecule has 1 aromatic carbocycles. The van der Waals surface area contributed by atoms with Gasteiger partial charge in [-0.25, -0.2) is 0 Å². The number of rotatable bonds is 6. The fourth-order valence-electron chi connectivity index (χ4n) is 1.22. The summed E-state index contributed by atoms with van der Waals surface area (Å²) in [5.74, 6) is 2.23. The van der Waals surface area contributed by atoms with Crippen LogP contribution in [0.5, 0.6) is 5.75 Å². The Balaban J connectivity index is 2.43. The summed E-state index contributed by atoms with van der Waals surface area (Å²) in [4.78, 5) is 0. The lowest BCUT2D eigenvalue weighted by Crippen LogP contribution is -2.02. The van der Waals surface area contributed by atoms with Crippen LogP contribution in [0.25, 0.3) is 0 Å².